The number of fused-ring (bicyclic) bond motifs is 1. The first-order chi connectivity index (χ1) is 20.2. The number of anilines is 2. The molecule has 230 valence electrons. The van der Waals surface area contributed by atoms with Gasteiger partial charge in [-0.15, -0.1) is 18.3 Å². The largest absolute Gasteiger partial charge is 0.461 e. The highest BCUT2D eigenvalue weighted by molar-refractivity contribution is 8.02. The van der Waals surface area contributed by atoms with E-state index >= 15 is 0 Å². The zero-order valence-electron chi connectivity index (χ0n) is 25.4. The molecule has 3 aliphatic heterocycles. The van der Waals surface area contributed by atoms with E-state index in [4.69, 9.17) is 4.74 Å². The van der Waals surface area contributed by atoms with E-state index in [0.717, 1.165) is 50.1 Å². The average Bonchev–Trinajstić information content (AvgIpc) is 3.56. The maximum absolute atomic E-state index is 14.7. The highest BCUT2D eigenvalue weighted by atomic mass is 32.2. The van der Waals surface area contributed by atoms with Crippen molar-refractivity contribution in [3.63, 3.8) is 0 Å². The van der Waals surface area contributed by atoms with E-state index in [0.29, 0.717) is 25.9 Å². The van der Waals surface area contributed by atoms with E-state index in [1.54, 1.807) is 27.6 Å². The fraction of sp³-hybridized carbons (Fsp3) is 0.606. The summed E-state index contributed by atoms with van der Waals surface area (Å²) in [5, 5.41) is 9.20. The van der Waals surface area contributed by atoms with Crippen molar-refractivity contribution >= 4 is 40.9 Å². The average molecular weight is 598 g/mol. The molecule has 2 bridgehead atoms. The molecule has 0 aromatic heterocycles. The number of aliphatic hydroxyl groups excluding tert-OH is 1. The molecule has 0 radical (unpaired) electrons. The summed E-state index contributed by atoms with van der Waals surface area (Å²) in [6.07, 6.45) is 7.84. The Kier molecular flexibility index (Phi) is 10.5. The minimum absolute atomic E-state index is 0.0948. The van der Waals surface area contributed by atoms with Gasteiger partial charge in [-0.3, -0.25) is 14.4 Å². The number of likely N-dealkylation sites (tertiary alicyclic amines) is 1. The molecule has 42 heavy (non-hydrogen) atoms. The lowest BCUT2D eigenvalue weighted by molar-refractivity contribution is -0.154. The van der Waals surface area contributed by atoms with Crippen LogP contribution in [-0.2, 0) is 19.1 Å². The van der Waals surface area contributed by atoms with Gasteiger partial charge in [-0.25, -0.2) is 0 Å². The van der Waals surface area contributed by atoms with E-state index in [-0.39, 0.29) is 31.0 Å². The Hall–Kier alpha value is -2.78. The minimum Gasteiger partial charge on any atom is -0.461 e. The summed E-state index contributed by atoms with van der Waals surface area (Å²) in [4.78, 5) is 48.2. The lowest BCUT2D eigenvalue weighted by Gasteiger charge is -2.37. The van der Waals surface area contributed by atoms with Crippen LogP contribution in [0.5, 0.6) is 0 Å². The van der Waals surface area contributed by atoms with Crippen molar-refractivity contribution in [1.82, 2.24) is 4.90 Å². The van der Waals surface area contributed by atoms with Crippen molar-refractivity contribution in [2.75, 3.05) is 49.2 Å². The number of ether oxygens (including phenoxy) is 1. The smallest absolute Gasteiger partial charge is 0.311 e. The number of amides is 2. The van der Waals surface area contributed by atoms with Gasteiger partial charge < -0.3 is 24.5 Å². The lowest BCUT2D eigenvalue weighted by Crippen LogP contribution is -2.55. The molecule has 3 heterocycles. The Morgan fingerprint density at radius 2 is 1.74 bits per heavy atom. The van der Waals surface area contributed by atoms with Gasteiger partial charge in [0.2, 0.25) is 5.91 Å². The molecule has 1 N–H and O–H groups in total. The Balaban J connectivity index is 1.71. The molecule has 1 aromatic carbocycles. The number of hydrogen-bond donors (Lipinski definition) is 1. The summed E-state index contributed by atoms with van der Waals surface area (Å²) in [6.45, 7) is 16.6. The van der Waals surface area contributed by atoms with Crippen molar-refractivity contribution in [1.29, 1.82) is 0 Å². The molecule has 1 aromatic rings. The molecule has 2 unspecified atom stereocenters. The number of benzene rings is 1. The van der Waals surface area contributed by atoms with Crippen molar-refractivity contribution in [3.05, 3.63) is 49.6 Å². The standard InChI is InChI=1S/C33H47N3O5S/c1-6-20-35(25-16-14-24(15-17-25)34(8-3)9-4)30(39)28-33-19-18-32(5,42-33)27(31(40)41-23-7-2)26(33)29(38)36(28)21-12-10-11-13-22-37/h6-7,14-17,26-28,37H,1-2,8-13,18-23H2,3-5H3/t26-,27+,28?,32-,33?/m0/s1. The summed E-state index contributed by atoms with van der Waals surface area (Å²) in [5.74, 6) is -1.85. The molecule has 4 rings (SSSR count). The van der Waals surface area contributed by atoms with Crippen LogP contribution in [0.4, 0.5) is 11.4 Å². The Morgan fingerprint density at radius 1 is 1.07 bits per heavy atom. The van der Waals surface area contributed by atoms with E-state index in [1.165, 1.54) is 6.08 Å². The van der Waals surface area contributed by atoms with Crippen LogP contribution in [0.25, 0.3) is 0 Å². The maximum atomic E-state index is 14.7. The maximum Gasteiger partial charge on any atom is 0.311 e. The van der Waals surface area contributed by atoms with Crippen LogP contribution in [0.3, 0.4) is 0 Å². The van der Waals surface area contributed by atoms with Gasteiger partial charge in [0.05, 0.1) is 16.6 Å². The molecule has 2 amide bonds. The zero-order chi connectivity index (χ0) is 30.5. The second kappa shape index (κ2) is 13.7. The molecule has 9 heteroatoms. The fourth-order valence-electron chi connectivity index (χ4n) is 7.31. The number of carbonyl (C=O) groups is 3. The summed E-state index contributed by atoms with van der Waals surface area (Å²) >= 11 is 1.65. The van der Waals surface area contributed by atoms with Crippen molar-refractivity contribution in [2.45, 2.75) is 74.8 Å². The van der Waals surface area contributed by atoms with Crippen LogP contribution in [-0.4, -0.2) is 82.7 Å². The monoisotopic (exact) mass is 597 g/mol. The first kappa shape index (κ1) is 32.1. The van der Waals surface area contributed by atoms with E-state index in [2.05, 4.69) is 31.9 Å². The summed E-state index contributed by atoms with van der Waals surface area (Å²) in [6, 6.07) is 7.31. The van der Waals surface area contributed by atoms with Gasteiger partial charge in [0.25, 0.3) is 5.91 Å². The van der Waals surface area contributed by atoms with E-state index in [9.17, 15) is 19.5 Å². The molecule has 3 saturated heterocycles. The van der Waals surface area contributed by atoms with Crippen LogP contribution >= 0.6 is 11.8 Å². The first-order valence-corrected chi connectivity index (χ1v) is 16.2. The third kappa shape index (κ3) is 5.74. The summed E-state index contributed by atoms with van der Waals surface area (Å²) < 4.78 is 4.35. The number of thioether (sulfide) groups is 1. The summed E-state index contributed by atoms with van der Waals surface area (Å²) in [7, 11) is 0. The van der Waals surface area contributed by atoms with Gasteiger partial charge in [-0.1, -0.05) is 31.6 Å². The topological polar surface area (TPSA) is 90.4 Å². The van der Waals surface area contributed by atoms with Crippen LogP contribution in [0.1, 0.15) is 59.3 Å². The minimum atomic E-state index is -0.702. The van der Waals surface area contributed by atoms with Gasteiger partial charge in [0.15, 0.2) is 0 Å². The predicted octanol–water partition coefficient (Wildman–Crippen LogP) is 4.82. The van der Waals surface area contributed by atoms with E-state index in [1.807, 2.05) is 31.2 Å². The number of nitrogens with zero attached hydrogens (tertiary/aromatic N) is 3. The molecule has 1 spiro atoms. The van der Waals surface area contributed by atoms with Crippen LogP contribution in [0.2, 0.25) is 0 Å². The molecule has 3 fully saturated rings. The van der Waals surface area contributed by atoms with Crippen molar-refractivity contribution in [2.24, 2.45) is 11.8 Å². The second-order valence-electron chi connectivity index (χ2n) is 11.7. The van der Waals surface area contributed by atoms with Crippen LogP contribution in [0, 0.1) is 11.8 Å². The number of unbranched alkanes of at least 4 members (excludes halogenated alkanes) is 3. The van der Waals surface area contributed by atoms with E-state index < -0.39 is 27.4 Å². The number of aliphatic hydroxyl groups is 1. The van der Waals surface area contributed by atoms with Crippen LogP contribution in [0.15, 0.2) is 49.6 Å². The molecule has 3 aliphatic rings. The van der Waals surface area contributed by atoms with Crippen LogP contribution < -0.4 is 9.80 Å². The van der Waals surface area contributed by atoms with Gasteiger partial charge >= 0.3 is 5.97 Å². The third-order valence-corrected chi connectivity index (χ3v) is 11.3. The fourth-order valence-corrected chi connectivity index (χ4v) is 9.65. The number of carbonyl (C=O) groups excluding carboxylic acids is 3. The number of hydrogen-bond acceptors (Lipinski definition) is 7. The summed E-state index contributed by atoms with van der Waals surface area (Å²) in [5.41, 5.74) is 1.85. The molecule has 5 atom stereocenters. The molecular weight excluding hydrogens is 550 g/mol. The molecular formula is C33H47N3O5S. The lowest BCUT2D eigenvalue weighted by atomic mass is 9.66. The highest BCUT2D eigenvalue weighted by Gasteiger charge is 2.77. The number of esters is 1. The van der Waals surface area contributed by atoms with Gasteiger partial charge in [0, 0.05) is 48.9 Å². The zero-order valence-corrected chi connectivity index (χ0v) is 26.2. The normalized spacial score (nSPS) is 27.6. The predicted molar refractivity (Wildman–Crippen MR) is 170 cm³/mol. The Labute approximate surface area is 255 Å². The molecule has 0 saturated carbocycles. The molecule has 0 aliphatic carbocycles. The quantitative estimate of drug-likeness (QED) is 0.166. The highest BCUT2D eigenvalue weighted by Crippen LogP contribution is 2.71. The Morgan fingerprint density at radius 3 is 2.36 bits per heavy atom. The Bertz CT molecular complexity index is 1150. The third-order valence-electron chi connectivity index (χ3n) is 9.28. The SMILES string of the molecule is C=CCOC(=O)[C@H]1[C@H]2C(=O)N(CCCCCCO)C(C(=O)N(CC=C)c3ccc(N(CC)CC)cc3)C23CC[C@]1(C)S3. The second-order valence-corrected chi connectivity index (χ2v) is 13.6. The first-order valence-electron chi connectivity index (χ1n) is 15.4. The van der Waals surface area contributed by atoms with Gasteiger partial charge in [-0.05, 0) is 70.7 Å². The van der Waals surface area contributed by atoms with Gasteiger partial charge in [0.1, 0.15) is 12.6 Å². The van der Waals surface area contributed by atoms with Gasteiger partial charge in [-0.2, -0.15) is 0 Å². The van der Waals surface area contributed by atoms with Crippen molar-refractivity contribution in [3.8, 4) is 0 Å². The van der Waals surface area contributed by atoms with Crippen molar-refractivity contribution < 1.29 is 24.2 Å². The molecule has 8 nitrogen and oxygen atoms in total. The number of rotatable bonds is 16.